The number of aromatic nitrogens is 2. The molecule has 4 nitrogen and oxygen atoms in total. The lowest BCUT2D eigenvalue weighted by Gasteiger charge is -2.26. The number of likely N-dealkylation sites (tertiary alicyclic amines) is 1. The Labute approximate surface area is 150 Å². The molecule has 1 aliphatic heterocycles. The predicted molar refractivity (Wildman–Crippen MR) is 100 cm³/mol. The standard InChI is InChI=1S/C18H19ClN4S/c19-15-6-2-1-5-13(15)16(23-8-3-4-9-23)11-20-17-14-7-10-24-18(14)22-12-21-17/h1-2,5-7,10,12,16H,3-4,8-9,11H2,(H,20,21,22)/p+1/t16-/m0/s1. The van der Waals surface area contributed by atoms with E-state index in [1.165, 1.54) is 31.5 Å². The number of nitrogens with one attached hydrogen (secondary N) is 2. The summed E-state index contributed by atoms with van der Waals surface area (Å²) >= 11 is 8.13. The summed E-state index contributed by atoms with van der Waals surface area (Å²) in [6.07, 6.45) is 4.21. The first-order chi connectivity index (χ1) is 11.8. The van der Waals surface area contributed by atoms with E-state index < -0.39 is 0 Å². The van der Waals surface area contributed by atoms with E-state index in [2.05, 4.69) is 38.9 Å². The van der Waals surface area contributed by atoms with E-state index in [9.17, 15) is 0 Å². The summed E-state index contributed by atoms with van der Waals surface area (Å²) in [6, 6.07) is 10.6. The van der Waals surface area contributed by atoms with Gasteiger partial charge in [0.15, 0.2) is 0 Å². The number of nitrogens with zero attached hydrogens (tertiary/aromatic N) is 2. The Hall–Kier alpha value is -1.69. The van der Waals surface area contributed by atoms with Crippen molar-refractivity contribution in [3.05, 3.63) is 52.6 Å². The minimum absolute atomic E-state index is 0.338. The van der Waals surface area contributed by atoms with Gasteiger partial charge in [0.05, 0.1) is 25.0 Å². The van der Waals surface area contributed by atoms with Gasteiger partial charge in [-0.15, -0.1) is 11.3 Å². The molecule has 0 bridgehead atoms. The zero-order valence-corrected chi connectivity index (χ0v) is 14.9. The maximum atomic E-state index is 6.49. The molecule has 1 fully saturated rings. The van der Waals surface area contributed by atoms with Crippen molar-refractivity contribution in [1.82, 2.24) is 9.97 Å². The predicted octanol–water partition coefficient (Wildman–Crippen LogP) is 3.18. The molecule has 3 aromatic rings. The van der Waals surface area contributed by atoms with E-state index in [1.807, 2.05) is 12.1 Å². The second kappa shape index (κ2) is 7.05. The molecule has 0 spiro atoms. The minimum Gasteiger partial charge on any atom is -0.363 e. The summed E-state index contributed by atoms with van der Waals surface area (Å²) in [5.74, 6) is 0.914. The Morgan fingerprint density at radius 1 is 1.17 bits per heavy atom. The highest BCUT2D eigenvalue weighted by atomic mass is 35.5. The molecule has 2 aromatic heterocycles. The molecule has 0 unspecified atom stereocenters. The largest absolute Gasteiger partial charge is 0.363 e. The van der Waals surface area contributed by atoms with Gasteiger partial charge in [0.2, 0.25) is 0 Å². The molecule has 1 aliphatic rings. The normalized spacial score (nSPS) is 16.5. The van der Waals surface area contributed by atoms with E-state index in [1.54, 1.807) is 22.6 Å². The van der Waals surface area contributed by atoms with Crippen LogP contribution in [0.3, 0.4) is 0 Å². The van der Waals surface area contributed by atoms with E-state index >= 15 is 0 Å². The van der Waals surface area contributed by atoms with Gasteiger partial charge < -0.3 is 10.2 Å². The van der Waals surface area contributed by atoms with Gasteiger partial charge >= 0.3 is 0 Å². The average molecular weight is 360 g/mol. The first-order valence-corrected chi connectivity index (χ1v) is 9.60. The monoisotopic (exact) mass is 359 g/mol. The maximum absolute atomic E-state index is 6.49. The number of thiophene rings is 1. The van der Waals surface area contributed by atoms with E-state index in [0.29, 0.717) is 6.04 Å². The molecule has 1 aromatic carbocycles. The lowest BCUT2D eigenvalue weighted by Crippen LogP contribution is -3.11. The summed E-state index contributed by atoms with van der Waals surface area (Å²) in [6.45, 7) is 3.23. The van der Waals surface area contributed by atoms with Crippen molar-refractivity contribution < 1.29 is 4.90 Å². The first kappa shape index (κ1) is 15.8. The molecule has 0 amide bonds. The molecule has 1 saturated heterocycles. The molecule has 0 radical (unpaired) electrons. The summed E-state index contributed by atoms with van der Waals surface area (Å²) in [5, 5.41) is 7.56. The third-order valence-electron chi connectivity index (χ3n) is 4.75. The zero-order valence-electron chi connectivity index (χ0n) is 13.3. The van der Waals surface area contributed by atoms with Crippen LogP contribution < -0.4 is 10.2 Å². The Morgan fingerprint density at radius 3 is 2.83 bits per heavy atom. The van der Waals surface area contributed by atoms with E-state index in [4.69, 9.17) is 11.6 Å². The smallest absolute Gasteiger partial charge is 0.138 e. The van der Waals surface area contributed by atoms with Crippen molar-refractivity contribution in [1.29, 1.82) is 0 Å². The third kappa shape index (κ3) is 3.11. The highest BCUT2D eigenvalue weighted by molar-refractivity contribution is 7.16. The Balaban J connectivity index is 1.60. The summed E-state index contributed by atoms with van der Waals surface area (Å²) in [7, 11) is 0. The van der Waals surface area contributed by atoms with Crippen LogP contribution in [0.1, 0.15) is 24.4 Å². The van der Waals surface area contributed by atoms with Crippen LogP contribution in [-0.2, 0) is 0 Å². The summed E-state index contributed by atoms with van der Waals surface area (Å²) in [4.78, 5) is 11.4. The number of anilines is 1. The Kier molecular flexibility index (Phi) is 4.65. The molecular formula is C18H20ClN4S+. The van der Waals surface area contributed by atoms with Crippen molar-refractivity contribution in [2.24, 2.45) is 0 Å². The van der Waals surface area contributed by atoms with Crippen LogP contribution in [0.2, 0.25) is 5.02 Å². The fourth-order valence-corrected chi connectivity index (χ4v) is 4.54. The van der Waals surface area contributed by atoms with Crippen molar-refractivity contribution in [2.75, 3.05) is 25.0 Å². The fourth-order valence-electron chi connectivity index (χ4n) is 3.54. The molecule has 4 rings (SSSR count). The van der Waals surface area contributed by atoms with Crippen molar-refractivity contribution in [3.8, 4) is 0 Å². The van der Waals surface area contributed by atoms with Crippen molar-refractivity contribution in [3.63, 3.8) is 0 Å². The number of hydrogen-bond acceptors (Lipinski definition) is 4. The molecule has 0 saturated carbocycles. The quantitative estimate of drug-likeness (QED) is 0.735. The molecule has 1 atom stereocenters. The minimum atomic E-state index is 0.338. The van der Waals surface area contributed by atoms with Crippen molar-refractivity contribution in [2.45, 2.75) is 18.9 Å². The molecule has 0 aliphatic carbocycles. The van der Waals surface area contributed by atoms with Crippen LogP contribution in [0.15, 0.2) is 42.0 Å². The lowest BCUT2D eigenvalue weighted by atomic mass is 10.1. The Bertz CT molecular complexity index is 829. The summed E-state index contributed by atoms with van der Waals surface area (Å²) < 4.78 is 0. The average Bonchev–Trinajstić information content (AvgIpc) is 3.28. The number of quaternary nitrogens is 1. The fraction of sp³-hybridized carbons (Fsp3) is 0.333. The molecule has 3 heterocycles. The van der Waals surface area contributed by atoms with Crippen LogP contribution in [-0.4, -0.2) is 29.6 Å². The molecular weight excluding hydrogens is 340 g/mol. The topological polar surface area (TPSA) is 42.2 Å². The van der Waals surface area contributed by atoms with Gasteiger partial charge in [0.1, 0.15) is 23.0 Å². The SMILES string of the molecule is Clc1ccccc1[C@H](CNc1ncnc2sccc12)[NH+]1CCCC1. The molecule has 6 heteroatoms. The number of benzene rings is 1. The number of fused-ring (bicyclic) bond motifs is 1. The highest BCUT2D eigenvalue weighted by Gasteiger charge is 2.29. The van der Waals surface area contributed by atoms with Crippen LogP contribution in [0.4, 0.5) is 5.82 Å². The van der Waals surface area contributed by atoms with Crippen LogP contribution in [0.5, 0.6) is 0 Å². The van der Waals surface area contributed by atoms with Crippen LogP contribution in [0.25, 0.3) is 10.2 Å². The van der Waals surface area contributed by atoms with Crippen molar-refractivity contribution >= 4 is 39.0 Å². The van der Waals surface area contributed by atoms with E-state index in [-0.39, 0.29) is 0 Å². The third-order valence-corrected chi connectivity index (χ3v) is 5.92. The number of rotatable bonds is 5. The van der Waals surface area contributed by atoms with Gasteiger partial charge in [-0.3, -0.25) is 0 Å². The lowest BCUT2D eigenvalue weighted by molar-refractivity contribution is -0.917. The van der Waals surface area contributed by atoms with Crippen LogP contribution >= 0.6 is 22.9 Å². The second-order valence-electron chi connectivity index (χ2n) is 6.18. The van der Waals surface area contributed by atoms with Gasteiger partial charge in [0, 0.05) is 23.4 Å². The molecule has 24 heavy (non-hydrogen) atoms. The van der Waals surface area contributed by atoms with Gasteiger partial charge in [0.25, 0.3) is 0 Å². The number of hydrogen-bond donors (Lipinski definition) is 2. The van der Waals surface area contributed by atoms with Gasteiger partial charge in [-0.05, 0) is 17.5 Å². The summed E-state index contributed by atoms with van der Waals surface area (Å²) in [5.41, 5.74) is 1.22. The van der Waals surface area contributed by atoms with Gasteiger partial charge in [-0.2, -0.15) is 0 Å². The second-order valence-corrected chi connectivity index (χ2v) is 7.48. The zero-order chi connectivity index (χ0) is 16.4. The van der Waals surface area contributed by atoms with Gasteiger partial charge in [-0.1, -0.05) is 29.8 Å². The van der Waals surface area contributed by atoms with E-state index in [0.717, 1.165) is 27.6 Å². The van der Waals surface area contributed by atoms with Gasteiger partial charge in [-0.25, -0.2) is 9.97 Å². The number of halogens is 1. The highest BCUT2D eigenvalue weighted by Crippen LogP contribution is 2.26. The maximum Gasteiger partial charge on any atom is 0.138 e. The molecule has 2 N–H and O–H groups in total. The van der Waals surface area contributed by atoms with Crippen LogP contribution in [0, 0.1) is 0 Å². The molecule has 124 valence electrons. The first-order valence-electron chi connectivity index (χ1n) is 8.34. The Morgan fingerprint density at radius 2 is 2.00 bits per heavy atom.